The third kappa shape index (κ3) is 10.7. The van der Waals surface area contributed by atoms with Crippen LogP contribution in [-0.2, 0) is 20.6 Å². The second kappa shape index (κ2) is 23.9. The van der Waals surface area contributed by atoms with Gasteiger partial charge in [-0.1, -0.05) is 194 Å². The van der Waals surface area contributed by atoms with E-state index in [0.29, 0.717) is 11.0 Å². The Morgan fingerprint density at radius 2 is 0.813 bits per heavy atom. The molecule has 0 aliphatic carbocycles. The smallest absolute Gasteiger partial charge is 0.226 e. The van der Waals surface area contributed by atoms with Crippen molar-refractivity contribution in [1.29, 1.82) is 0 Å². The molecule has 0 atom stereocenters. The van der Waals surface area contributed by atoms with Gasteiger partial charge in [0.15, 0.2) is 0 Å². The van der Waals surface area contributed by atoms with Gasteiger partial charge in [0.25, 0.3) is 0 Å². The summed E-state index contributed by atoms with van der Waals surface area (Å²) in [5, 5.41) is 21.5. The number of aliphatic hydroxyl groups excluding tert-OH is 1. The Hall–Kier alpha value is -6.01. The molecule has 75 heavy (non-hydrogen) atoms. The van der Waals surface area contributed by atoms with Crippen LogP contribution in [0.25, 0.3) is 21.8 Å². The molecular formula is C62H57ClI2N6O4. The number of halogens is 3. The van der Waals surface area contributed by atoms with Gasteiger partial charge in [-0.3, -0.25) is 0 Å². The van der Waals surface area contributed by atoms with Crippen LogP contribution in [0.15, 0.2) is 194 Å². The fourth-order valence-corrected chi connectivity index (χ4v) is 12.3. The number of fused-ring (bicyclic) bond motifs is 2. The Labute approximate surface area is 470 Å². The predicted molar refractivity (Wildman–Crippen MR) is 315 cm³/mol. The second-order valence-corrected chi connectivity index (χ2v) is 21.1. The molecule has 0 amide bonds. The summed E-state index contributed by atoms with van der Waals surface area (Å²) in [5.74, 6) is 0.653. The van der Waals surface area contributed by atoms with Gasteiger partial charge in [0.2, 0.25) is 5.88 Å². The summed E-state index contributed by atoms with van der Waals surface area (Å²) in [6, 6.07) is 67.6. The van der Waals surface area contributed by atoms with Crippen molar-refractivity contribution in [2.45, 2.75) is 62.8 Å². The van der Waals surface area contributed by atoms with E-state index in [1.165, 1.54) is 0 Å². The van der Waals surface area contributed by atoms with E-state index in [0.717, 1.165) is 126 Å². The summed E-state index contributed by atoms with van der Waals surface area (Å²) < 4.78 is 23.0. The predicted octanol–water partition coefficient (Wildman–Crippen LogP) is 13.7. The van der Waals surface area contributed by atoms with E-state index in [2.05, 4.69) is 235 Å². The minimum Gasteiger partial charge on any atom is -0.474 e. The molecule has 13 heteroatoms. The number of ether oxygens (including phenoxy) is 3. The van der Waals surface area contributed by atoms with Crippen molar-refractivity contribution in [1.82, 2.24) is 29.5 Å². The van der Waals surface area contributed by atoms with E-state index in [1.54, 1.807) is 0 Å². The average molecular weight is 1240 g/mol. The minimum atomic E-state index is -0.699. The number of aromatic nitrogens is 6. The Morgan fingerprint density at radius 3 is 1.16 bits per heavy atom. The van der Waals surface area contributed by atoms with Crippen molar-refractivity contribution < 1.29 is 19.3 Å². The molecule has 2 aliphatic heterocycles. The highest BCUT2D eigenvalue weighted by Crippen LogP contribution is 2.46. The molecular weight excluding hydrogens is 1180 g/mol. The van der Waals surface area contributed by atoms with Crippen LogP contribution in [0.2, 0.25) is 5.15 Å². The Kier molecular flexibility index (Phi) is 16.7. The molecule has 1 N–H and O–H groups in total. The number of benzene rings is 6. The van der Waals surface area contributed by atoms with Crippen LogP contribution >= 0.6 is 56.8 Å². The average Bonchev–Trinajstić information content (AvgIpc) is 3.99. The number of pyridine rings is 2. The highest BCUT2D eigenvalue weighted by molar-refractivity contribution is 14.1. The van der Waals surface area contributed by atoms with Gasteiger partial charge in [-0.05, 0) is 117 Å². The Morgan fingerprint density at radius 1 is 0.493 bits per heavy atom. The minimum absolute atomic E-state index is 0.0891. The Bertz CT molecular complexity index is 3260. The number of nitrogens with zero attached hydrogens (tertiary/aromatic N) is 6. The number of hydrogen-bond acceptors (Lipinski definition) is 8. The first kappa shape index (κ1) is 52.4. The molecule has 0 radical (unpaired) electrons. The van der Waals surface area contributed by atoms with E-state index in [9.17, 15) is 0 Å². The summed E-state index contributed by atoms with van der Waals surface area (Å²) in [7, 11) is 0. The second-order valence-electron chi connectivity index (χ2n) is 18.7. The summed E-state index contributed by atoms with van der Waals surface area (Å²) in [6.45, 7) is 6.90. The number of hydrogen-bond donors (Lipinski definition) is 1. The van der Waals surface area contributed by atoms with E-state index in [4.69, 9.17) is 46.1 Å². The van der Waals surface area contributed by atoms with E-state index < -0.39 is 11.1 Å². The fraction of sp³-hybridized carbons (Fsp3) is 0.226. The molecule has 10 aromatic rings. The lowest BCUT2D eigenvalue weighted by molar-refractivity contribution is 0.0140. The quantitative estimate of drug-likeness (QED) is 0.0819. The van der Waals surface area contributed by atoms with Crippen LogP contribution in [0.3, 0.4) is 0 Å². The lowest BCUT2D eigenvalue weighted by atomic mass is 9.77. The zero-order valence-electron chi connectivity index (χ0n) is 41.8. The summed E-state index contributed by atoms with van der Waals surface area (Å²) >= 11 is 11.2. The van der Waals surface area contributed by atoms with E-state index in [1.807, 2.05) is 32.0 Å². The lowest BCUT2D eigenvalue weighted by Gasteiger charge is -2.37. The molecule has 6 heterocycles. The zero-order valence-corrected chi connectivity index (χ0v) is 46.8. The molecule has 12 rings (SSSR count). The largest absolute Gasteiger partial charge is 0.474 e. The molecule has 2 fully saturated rings. The molecule has 380 valence electrons. The SMILES string of the molecule is Cc1cc2c(c(Cl)n1)c(I)nn2C(c1ccccc1)(c1ccccc1)c1ccccc1.Cc1cc2c(c(I)nn2C(c2ccccc2)(c2ccccc2)c2ccccc2)c(OC2CCOCC2)n1.OC1CCOCC1. The van der Waals surface area contributed by atoms with Crippen LogP contribution in [0.4, 0.5) is 0 Å². The molecule has 10 nitrogen and oxygen atoms in total. The molecule has 0 spiro atoms. The first-order valence-corrected chi connectivity index (χ1v) is 27.8. The van der Waals surface area contributed by atoms with Crippen LogP contribution in [0.5, 0.6) is 5.88 Å². The molecule has 2 saturated heterocycles. The zero-order chi connectivity index (χ0) is 51.8. The normalized spacial score (nSPS) is 14.4. The molecule has 4 aromatic heterocycles. The van der Waals surface area contributed by atoms with Crippen molar-refractivity contribution in [3.05, 3.63) is 251 Å². The summed E-state index contributed by atoms with van der Waals surface area (Å²) in [6.07, 6.45) is 3.37. The van der Waals surface area contributed by atoms with Crippen molar-refractivity contribution in [2.24, 2.45) is 0 Å². The van der Waals surface area contributed by atoms with Crippen LogP contribution < -0.4 is 4.74 Å². The molecule has 0 unspecified atom stereocenters. The monoisotopic (exact) mass is 1240 g/mol. The molecule has 2 aliphatic rings. The maximum Gasteiger partial charge on any atom is 0.226 e. The van der Waals surface area contributed by atoms with Gasteiger partial charge in [-0.25, -0.2) is 19.3 Å². The third-order valence-electron chi connectivity index (χ3n) is 13.8. The van der Waals surface area contributed by atoms with Gasteiger partial charge < -0.3 is 19.3 Å². The highest BCUT2D eigenvalue weighted by Gasteiger charge is 2.43. The maximum atomic E-state index is 8.83. The van der Waals surface area contributed by atoms with Crippen LogP contribution in [-0.4, -0.2) is 73.3 Å². The van der Waals surface area contributed by atoms with Gasteiger partial charge in [-0.2, -0.15) is 10.2 Å². The molecule has 0 saturated carbocycles. The van der Waals surface area contributed by atoms with Gasteiger partial charge in [0.05, 0.1) is 41.1 Å². The summed E-state index contributed by atoms with van der Waals surface area (Å²) in [5.41, 5.74) is 9.11. The van der Waals surface area contributed by atoms with Crippen molar-refractivity contribution in [3.63, 3.8) is 0 Å². The highest BCUT2D eigenvalue weighted by atomic mass is 127. The van der Waals surface area contributed by atoms with Gasteiger partial charge in [-0.15, -0.1) is 0 Å². The van der Waals surface area contributed by atoms with Gasteiger partial charge in [0.1, 0.15) is 29.7 Å². The third-order valence-corrected chi connectivity index (χ3v) is 15.6. The van der Waals surface area contributed by atoms with Crippen molar-refractivity contribution in [2.75, 3.05) is 26.4 Å². The van der Waals surface area contributed by atoms with Crippen LogP contribution in [0.1, 0.15) is 70.5 Å². The standard InChI is InChI=1S/C31H28IN3O2.C26H19ClIN3.C5H10O2/c1-22-21-27-28(30(33-22)37-26-17-19-36-20-18-26)29(32)34-35(27)31(23-11-5-2-6-12-23,24-13-7-3-8-14-24)25-15-9-4-10-16-25;1-18-17-22-23(24(27)29-18)25(28)30-31(22)26(19-11-5-2-6-12-19,20-13-7-3-8-14-20)21-15-9-4-10-16-21;6-5-1-3-7-4-2-5/h2-16,21,26H,17-20H2,1H3;2-17H,1H3;5-6H,1-4H2. The first-order valence-electron chi connectivity index (χ1n) is 25.3. The van der Waals surface area contributed by atoms with Gasteiger partial charge in [0, 0.05) is 37.4 Å². The van der Waals surface area contributed by atoms with E-state index >= 15 is 0 Å². The molecule has 6 aromatic carbocycles. The van der Waals surface area contributed by atoms with Crippen LogP contribution in [0, 0.1) is 21.2 Å². The van der Waals surface area contributed by atoms with E-state index in [-0.39, 0.29) is 12.2 Å². The number of aliphatic hydroxyl groups is 1. The van der Waals surface area contributed by atoms with Crippen molar-refractivity contribution >= 4 is 78.6 Å². The number of rotatable bonds is 10. The number of aryl methyl sites for hydroxylation is 2. The topological polar surface area (TPSA) is 109 Å². The fourth-order valence-electron chi connectivity index (χ4n) is 10.4. The first-order chi connectivity index (χ1) is 36.7. The summed E-state index contributed by atoms with van der Waals surface area (Å²) in [4.78, 5) is 9.33. The Balaban J connectivity index is 0.000000153. The lowest BCUT2D eigenvalue weighted by Crippen LogP contribution is -2.38. The van der Waals surface area contributed by atoms with Gasteiger partial charge >= 0.3 is 0 Å². The van der Waals surface area contributed by atoms with Crippen molar-refractivity contribution in [3.8, 4) is 5.88 Å². The maximum absolute atomic E-state index is 8.83. The molecule has 0 bridgehead atoms.